The van der Waals surface area contributed by atoms with Crippen LogP contribution >= 0.6 is 0 Å². The van der Waals surface area contributed by atoms with E-state index in [-0.39, 0.29) is 13.2 Å². The largest absolute Gasteiger partial charge is 0.394 e. The lowest BCUT2D eigenvalue weighted by molar-refractivity contribution is -0.0139. The summed E-state index contributed by atoms with van der Waals surface area (Å²) < 4.78 is 53.4. The summed E-state index contributed by atoms with van der Waals surface area (Å²) >= 11 is 0. The minimum Gasteiger partial charge on any atom is -0.394 e. The molecule has 0 aliphatic carbocycles. The van der Waals surface area contributed by atoms with Crippen molar-refractivity contribution in [1.29, 1.82) is 0 Å². The van der Waals surface area contributed by atoms with E-state index in [2.05, 4.69) is 5.32 Å². The van der Waals surface area contributed by atoms with Crippen molar-refractivity contribution >= 4 is 0 Å². The highest BCUT2D eigenvalue weighted by Gasteiger charge is 1.95. The molecular formula is C24H51NO12. The molecule has 0 rings (SSSR count). The highest BCUT2D eigenvalue weighted by atomic mass is 16.6. The Morgan fingerprint density at radius 1 is 0.270 bits per heavy atom. The first-order valence-corrected chi connectivity index (χ1v) is 13.1. The first-order chi connectivity index (χ1) is 18.4. The van der Waals surface area contributed by atoms with Gasteiger partial charge in [-0.25, -0.2) is 0 Å². The maximum atomic E-state index is 8.56. The molecule has 0 atom stereocenters. The van der Waals surface area contributed by atoms with E-state index in [0.29, 0.717) is 132 Å². The normalized spacial score (nSPS) is 11.5. The van der Waals surface area contributed by atoms with Crippen LogP contribution in [-0.4, -0.2) is 169 Å². The molecule has 0 aromatic heterocycles. The molecule has 13 heteroatoms. The van der Waals surface area contributed by atoms with E-state index < -0.39 is 0 Å². The molecule has 0 heterocycles. The summed E-state index contributed by atoms with van der Waals surface area (Å²) in [5.74, 6) is 0. The van der Waals surface area contributed by atoms with E-state index in [0.717, 1.165) is 13.1 Å². The van der Waals surface area contributed by atoms with Crippen molar-refractivity contribution in [3.05, 3.63) is 0 Å². The zero-order valence-electron chi connectivity index (χ0n) is 22.4. The predicted octanol–water partition coefficient (Wildman–Crippen LogP) is -1.27. The van der Waals surface area contributed by atoms with Crippen LogP contribution in [0.2, 0.25) is 0 Å². The fraction of sp³-hybridized carbons (Fsp3) is 1.00. The van der Waals surface area contributed by atoms with Crippen LogP contribution in [0.5, 0.6) is 0 Å². The van der Waals surface area contributed by atoms with Crippen LogP contribution in [0.15, 0.2) is 0 Å². The van der Waals surface area contributed by atoms with Crippen LogP contribution in [0.4, 0.5) is 0 Å². The Hall–Kier alpha value is -0.520. The van der Waals surface area contributed by atoms with Gasteiger partial charge in [-0.15, -0.1) is 0 Å². The highest BCUT2D eigenvalue weighted by Crippen LogP contribution is 1.85. The van der Waals surface area contributed by atoms with Gasteiger partial charge >= 0.3 is 0 Å². The topological polar surface area (TPSA) is 145 Å². The third-order valence-electron chi connectivity index (χ3n) is 4.29. The van der Waals surface area contributed by atoms with Gasteiger partial charge in [-0.2, -0.15) is 0 Å². The van der Waals surface area contributed by atoms with Crippen LogP contribution < -0.4 is 5.32 Å². The van der Waals surface area contributed by atoms with Gasteiger partial charge in [0.2, 0.25) is 0 Å². The summed E-state index contributed by atoms with van der Waals surface area (Å²) in [6.45, 7) is 11.7. The van der Waals surface area contributed by atoms with Gasteiger partial charge in [0.15, 0.2) is 0 Å². The van der Waals surface area contributed by atoms with Gasteiger partial charge in [-0.05, 0) is 0 Å². The molecule has 0 fully saturated rings. The summed E-state index contributed by atoms with van der Waals surface area (Å²) in [7, 11) is 0. The molecule has 0 unspecified atom stereocenters. The molecule has 0 saturated heterocycles. The molecule has 0 aliphatic rings. The number of aliphatic hydroxyl groups excluding tert-OH is 2. The van der Waals surface area contributed by atoms with E-state index in [4.69, 9.17) is 57.6 Å². The standard InChI is InChI=1S/C24H51NO12/c26-3-7-30-11-15-34-19-23-36-21-17-32-13-9-28-5-1-25-2-6-29-10-14-33-18-22-37-24-20-35-16-12-31-8-4-27/h25-27H,1-24H2. The third kappa shape index (κ3) is 35.5. The number of rotatable bonds is 34. The van der Waals surface area contributed by atoms with E-state index in [1.54, 1.807) is 0 Å². The maximum absolute atomic E-state index is 8.56. The molecule has 37 heavy (non-hydrogen) atoms. The van der Waals surface area contributed by atoms with Crippen molar-refractivity contribution in [2.75, 3.05) is 158 Å². The van der Waals surface area contributed by atoms with E-state index in [1.165, 1.54) is 0 Å². The summed E-state index contributed by atoms with van der Waals surface area (Å²) in [6, 6.07) is 0. The van der Waals surface area contributed by atoms with E-state index in [9.17, 15) is 0 Å². The first-order valence-electron chi connectivity index (χ1n) is 13.1. The predicted molar refractivity (Wildman–Crippen MR) is 135 cm³/mol. The molecule has 0 aromatic rings. The van der Waals surface area contributed by atoms with Gasteiger partial charge in [-0.1, -0.05) is 0 Å². The van der Waals surface area contributed by atoms with Gasteiger partial charge in [-0.3, -0.25) is 0 Å². The van der Waals surface area contributed by atoms with Gasteiger partial charge in [0, 0.05) is 13.1 Å². The quantitative estimate of drug-likeness (QED) is 0.0827. The number of hydrogen-bond acceptors (Lipinski definition) is 13. The molecule has 0 bridgehead atoms. The van der Waals surface area contributed by atoms with E-state index in [1.807, 2.05) is 0 Å². The van der Waals surface area contributed by atoms with Crippen LogP contribution in [0.1, 0.15) is 0 Å². The van der Waals surface area contributed by atoms with Gasteiger partial charge in [0.25, 0.3) is 0 Å². The second kappa shape index (κ2) is 35.5. The number of ether oxygens (including phenoxy) is 10. The zero-order chi connectivity index (χ0) is 26.7. The van der Waals surface area contributed by atoms with Crippen molar-refractivity contribution in [3.63, 3.8) is 0 Å². The monoisotopic (exact) mass is 545 g/mol. The minimum atomic E-state index is 0.0284. The smallest absolute Gasteiger partial charge is 0.0701 e. The fourth-order valence-corrected chi connectivity index (χ4v) is 2.51. The van der Waals surface area contributed by atoms with Gasteiger partial charge in [0.1, 0.15) is 0 Å². The molecule has 0 spiro atoms. The number of hydrogen-bond donors (Lipinski definition) is 3. The molecule has 224 valence electrons. The average molecular weight is 546 g/mol. The maximum Gasteiger partial charge on any atom is 0.0701 e. The molecule has 0 radical (unpaired) electrons. The SMILES string of the molecule is OCCOCCOCCOCCOCCOCCNCCOCCOCCOCCOCCOCCO. The molecule has 0 amide bonds. The zero-order valence-corrected chi connectivity index (χ0v) is 22.4. The van der Waals surface area contributed by atoms with Crippen LogP contribution in [-0.2, 0) is 47.4 Å². The Morgan fingerprint density at radius 2 is 0.459 bits per heavy atom. The van der Waals surface area contributed by atoms with Crippen molar-refractivity contribution in [2.45, 2.75) is 0 Å². The Kier molecular flexibility index (Phi) is 35.0. The Labute approximate surface area is 221 Å². The average Bonchev–Trinajstić information content (AvgIpc) is 2.91. The van der Waals surface area contributed by atoms with E-state index >= 15 is 0 Å². The Morgan fingerprint density at radius 3 is 0.676 bits per heavy atom. The molecule has 0 aliphatic heterocycles. The number of aliphatic hydroxyl groups is 2. The summed E-state index contributed by atoms with van der Waals surface area (Å²) in [6.07, 6.45) is 0. The lowest BCUT2D eigenvalue weighted by Crippen LogP contribution is -2.25. The first kappa shape index (κ1) is 36.5. The molecular weight excluding hydrogens is 494 g/mol. The third-order valence-corrected chi connectivity index (χ3v) is 4.29. The molecule has 0 aromatic carbocycles. The second-order valence-corrected chi connectivity index (χ2v) is 7.32. The summed E-state index contributed by atoms with van der Waals surface area (Å²) in [5.41, 5.74) is 0. The van der Waals surface area contributed by atoms with Crippen molar-refractivity contribution in [3.8, 4) is 0 Å². The van der Waals surface area contributed by atoms with Crippen molar-refractivity contribution in [1.82, 2.24) is 5.32 Å². The van der Waals surface area contributed by atoms with Crippen molar-refractivity contribution < 1.29 is 57.6 Å². The number of nitrogens with one attached hydrogen (secondary N) is 1. The van der Waals surface area contributed by atoms with Gasteiger partial charge in [0.05, 0.1) is 145 Å². The second-order valence-electron chi connectivity index (χ2n) is 7.32. The molecule has 3 N–H and O–H groups in total. The van der Waals surface area contributed by atoms with Crippen LogP contribution in [0.3, 0.4) is 0 Å². The summed E-state index contributed by atoms with van der Waals surface area (Å²) in [4.78, 5) is 0. The van der Waals surface area contributed by atoms with Gasteiger partial charge < -0.3 is 62.9 Å². The van der Waals surface area contributed by atoms with Crippen molar-refractivity contribution in [2.24, 2.45) is 0 Å². The molecule has 13 nitrogen and oxygen atoms in total. The Bertz CT molecular complexity index is 365. The lowest BCUT2D eigenvalue weighted by atomic mass is 10.6. The summed E-state index contributed by atoms with van der Waals surface area (Å²) in [5, 5.41) is 20.4. The van der Waals surface area contributed by atoms with Crippen LogP contribution in [0, 0.1) is 0 Å². The lowest BCUT2D eigenvalue weighted by Gasteiger charge is -2.09. The minimum absolute atomic E-state index is 0.0284. The Balaban J connectivity index is 3.00. The van der Waals surface area contributed by atoms with Crippen LogP contribution in [0.25, 0.3) is 0 Å². The molecule has 0 saturated carbocycles. The highest BCUT2D eigenvalue weighted by molar-refractivity contribution is 4.45. The fourth-order valence-electron chi connectivity index (χ4n) is 2.51.